The molecule has 1 aliphatic rings. The SMILES string of the molecule is CC1CN(Cc2ccco2)CC(CCO)N1. The molecule has 2 atom stereocenters. The highest BCUT2D eigenvalue weighted by Gasteiger charge is 2.23. The van der Waals surface area contributed by atoms with Gasteiger partial charge in [0.25, 0.3) is 0 Å². The van der Waals surface area contributed by atoms with Gasteiger partial charge in [0, 0.05) is 31.8 Å². The Balaban J connectivity index is 1.89. The van der Waals surface area contributed by atoms with Crippen LogP contribution in [0.1, 0.15) is 19.1 Å². The molecule has 0 bridgehead atoms. The Hall–Kier alpha value is -0.840. The highest BCUT2D eigenvalue weighted by molar-refractivity contribution is 4.99. The number of rotatable bonds is 4. The van der Waals surface area contributed by atoms with E-state index in [4.69, 9.17) is 9.52 Å². The van der Waals surface area contributed by atoms with Gasteiger partial charge in [-0.2, -0.15) is 0 Å². The molecule has 90 valence electrons. The molecule has 2 heterocycles. The van der Waals surface area contributed by atoms with Crippen LogP contribution in [-0.4, -0.2) is 41.8 Å². The summed E-state index contributed by atoms with van der Waals surface area (Å²) in [5, 5.41) is 12.5. The van der Waals surface area contributed by atoms with Gasteiger partial charge in [0.15, 0.2) is 0 Å². The number of aliphatic hydroxyl groups excluding tert-OH is 1. The van der Waals surface area contributed by atoms with Gasteiger partial charge >= 0.3 is 0 Å². The predicted octanol–water partition coefficient (Wildman–Crippen LogP) is 0.824. The molecule has 4 heteroatoms. The second-order valence-electron chi connectivity index (χ2n) is 4.55. The summed E-state index contributed by atoms with van der Waals surface area (Å²) >= 11 is 0. The van der Waals surface area contributed by atoms with Crippen molar-refractivity contribution in [2.24, 2.45) is 0 Å². The fraction of sp³-hybridized carbons (Fsp3) is 0.667. The molecule has 0 aliphatic carbocycles. The summed E-state index contributed by atoms with van der Waals surface area (Å²) in [6.07, 6.45) is 2.53. The number of nitrogens with zero attached hydrogens (tertiary/aromatic N) is 1. The molecule has 2 N–H and O–H groups in total. The topological polar surface area (TPSA) is 48.6 Å². The molecule has 0 aromatic carbocycles. The van der Waals surface area contributed by atoms with E-state index in [1.54, 1.807) is 6.26 Å². The Kier molecular flexibility index (Phi) is 3.98. The Morgan fingerprint density at radius 1 is 1.56 bits per heavy atom. The molecule has 16 heavy (non-hydrogen) atoms. The minimum absolute atomic E-state index is 0.249. The Morgan fingerprint density at radius 3 is 3.12 bits per heavy atom. The zero-order valence-electron chi connectivity index (χ0n) is 9.72. The van der Waals surface area contributed by atoms with E-state index in [0.29, 0.717) is 12.1 Å². The van der Waals surface area contributed by atoms with Crippen molar-refractivity contribution in [1.82, 2.24) is 10.2 Å². The number of piperazine rings is 1. The van der Waals surface area contributed by atoms with Gasteiger partial charge in [0.1, 0.15) is 5.76 Å². The lowest BCUT2D eigenvalue weighted by Crippen LogP contribution is -2.55. The van der Waals surface area contributed by atoms with Gasteiger partial charge in [-0.25, -0.2) is 0 Å². The van der Waals surface area contributed by atoms with E-state index in [2.05, 4.69) is 17.1 Å². The van der Waals surface area contributed by atoms with Crippen LogP contribution < -0.4 is 5.32 Å². The number of hydrogen-bond acceptors (Lipinski definition) is 4. The van der Waals surface area contributed by atoms with Gasteiger partial charge in [0.2, 0.25) is 0 Å². The van der Waals surface area contributed by atoms with Crippen LogP contribution >= 0.6 is 0 Å². The maximum atomic E-state index is 8.97. The Labute approximate surface area is 96.2 Å². The molecule has 1 saturated heterocycles. The third-order valence-corrected chi connectivity index (χ3v) is 2.97. The van der Waals surface area contributed by atoms with E-state index in [1.807, 2.05) is 12.1 Å². The molecule has 1 aromatic heterocycles. The lowest BCUT2D eigenvalue weighted by atomic mass is 10.1. The highest BCUT2D eigenvalue weighted by atomic mass is 16.3. The predicted molar refractivity (Wildman–Crippen MR) is 62.1 cm³/mol. The van der Waals surface area contributed by atoms with Crippen LogP contribution in [0.3, 0.4) is 0 Å². The first-order valence-electron chi connectivity index (χ1n) is 5.89. The van der Waals surface area contributed by atoms with Crippen molar-refractivity contribution in [3.05, 3.63) is 24.2 Å². The van der Waals surface area contributed by atoms with Crippen molar-refractivity contribution >= 4 is 0 Å². The lowest BCUT2D eigenvalue weighted by Gasteiger charge is -2.37. The van der Waals surface area contributed by atoms with Gasteiger partial charge in [-0.1, -0.05) is 0 Å². The highest BCUT2D eigenvalue weighted by Crippen LogP contribution is 2.11. The second-order valence-corrected chi connectivity index (χ2v) is 4.55. The van der Waals surface area contributed by atoms with E-state index < -0.39 is 0 Å². The zero-order chi connectivity index (χ0) is 11.4. The van der Waals surface area contributed by atoms with Crippen LogP contribution in [0.15, 0.2) is 22.8 Å². The lowest BCUT2D eigenvalue weighted by molar-refractivity contribution is 0.133. The summed E-state index contributed by atoms with van der Waals surface area (Å²) in [4.78, 5) is 2.38. The molecule has 2 unspecified atom stereocenters. The Morgan fingerprint density at radius 2 is 2.44 bits per heavy atom. The second kappa shape index (κ2) is 5.48. The van der Waals surface area contributed by atoms with E-state index in [-0.39, 0.29) is 6.61 Å². The molecular weight excluding hydrogens is 204 g/mol. The van der Waals surface area contributed by atoms with E-state index in [9.17, 15) is 0 Å². The third kappa shape index (κ3) is 3.07. The van der Waals surface area contributed by atoms with Crippen LogP contribution in [0.25, 0.3) is 0 Å². The van der Waals surface area contributed by atoms with Crippen molar-refractivity contribution in [2.75, 3.05) is 19.7 Å². The van der Waals surface area contributed by atoms with Gasteiger partial charge in [-0.15, -0.1) is 0 Å². The van der Waals surface area contributed by atoms with Crippen molar-refractivity contribution < 1.29 is 9.52 Å². The van der Waals surface area contributed by atoms with Crippen molar-refractivity contribution in [3.8, 4) is 0 Å². The minimum Gasteiger partial charge on any atom is -0.468 e. The molecular formula is C12H20N2O2. The first kappa shape index (κ1) is 11.6. The molecule has 2 rings (SSSR count). The molecule has 0 radical (unpaired) electrons. The van der Waals surface area contributed by atoms with Gasteiger partial charge in [-0.05, 0) is 25.5 Å². The number of hydrogen-bond donors (Lipinski definition) is 2. The van der Waals surface area contributed by atoms with Gasteiger partial charge in [0.05, 0.1) is 12.8 Å². The van der Waals surface area contributed by atoms with Crippen LogP contribution in [0.2, 0.25) is 0 Å². The first-order valence-corrected chi connectivity index (χ1v) is 5.89. The summed E-state index contributed by atoms with van der Waals surface area (Å²) in [5.41, 5.74) is 0. The summed E-state index contributed by atoms with van der Waals surface area (Å²) in [5.74, 6) is 1.01. The van der Waals surface area contributed by atoms with Crippen LogP contribution in [-0.2, 0) is 6.54 Å². The third-order valence-electron chi connectivity index (χ3n) is 2.97. The first-order chi connectivity index (χ1) is 7.78. The van der Waals surface area contributed by atoms with Crippen LogP contribution in [0.4, 0.5) is 0 Å². The summed E-state index contributed by atoms with van der Waals surface area (Å²) in [6, 6.07) is 4.80. The molecule has 0 spiro atoms. The maximum Gasteiger partial charge on any atom is 0.117 e. The monoisotopic (exact) mass is 224 g/mol. The standard InChI is InChI=1S/C12H20N2O2/c1-10-7-14(8-11(13-10)4-5-15)9-12-3-2-6-16-12/h2-3,6,10-11,13,15H,4-5,7-9H2,1H3. The zero-order valence-corrected chi connectivity index (χ0v) is 9.72. The normalized spacial score (nSPS) is 27.1. The average Bonchev–Trinajstić information content (AvgIpc) is 2.70. The largest absolute Gasteiger partial charge is 0.468 e. The fourth-order valence-electron chi connectivity index (χ4n) is 2.36. The maximum absolute atomic E-state index is 8.97. The summed E-state index contributed by atoms with van der Waals surface area (Å²) < 4.78 is 5.36. The van der Waals surface area contributed by atoms with Gasteiger partial charge < -0.3 is 14.8 Å². The van der Waals surface area contributed by atoms with Crippen LogP contribution in [0.5, 0.6) is 0 Å². The minimum atomic E-state index is 0.249. The number of aliphatic hydroxyl groups is 1. The van der Waals surface area contributed by atoms with E-state index in [0.717, 1.165) is 31.8 Å². The molecule has 4 nitrogen and oxygen atoms in total. The van der Waals surface area contributed by atoms with Crippen molar-refractivity contribution in [2.45, 2.75) is 32.0 Å². The molecule has 0 amide bonds. The number of furan rings is 1. The quantitative estimate of drug-likeness (QED) is 0.795. The smallest absolute Gasteiger partial charge is 0.117 e. The van der Waals surface area contributed by atoms with Crippen molar-refractivity contribution in [3.63, 3.8) is 0 Å². The van der Waals surface area contributed by atoms with E-state index >= 15 is 0 Å². The van der Waals surface area contributed by atoms with Gasteiger partial charge in [-0.3, -0.25) is 4.90 Å². The molecule has 1 fully saturated rings. The molecule has 1 aromatic rings. The van der Waals surface area contributed by atoms with E-state index in [1.165, 1.54) is 0 Å². The summed E-state index contributed by atoms with van der Waals surface area (Å²) in [6.45, 7) is 5.30. The van der Waals surface area contributed by atoms with Crippen molar-refractivity contribution in [1.29, 1.82) is 0 Å². The average molecular weight is 224 g/mol. The Bertz CT molecular complexity index is 300. The summed E-state index contributed by atoms with van der Waals surface area (Å²) in [7, 11) is 0. The number of nitrogens with one attached hydrogen (secondary N) is 1. The fourth-order valence-corrected chi connectivity index (χ4v) is 2.36. The molecule has 0 saturated carbocycles. The molecule has 1 aliphatic heterocycles. The van der Waals surface area contributed by atoms with Crippen LogP contribution in [0, 0.1) is 0 Å².